The molecule has 11 heteroatoms. The zero-order valence-electron chi connectivity index (χ0n) is 28.3. The fourth-order valence-electron chi connectivity index (χ4n) is 4.96. The van der Waals surface area contributed by atoms with E-state index >= 15 is 0 Å². The largest absolute Gasteiger partial charge is 0.462 e. The van der Waals surface area contributed by atoms with E-state index in [4.69, 9.17) is 9.47 Å². The number of benzene rings is 3. The molecule has 3 N–H and O–H groups in total. The van der Waals surface area contributed by atoms with Crippen LogP contribution in [0, 0.1) is 5.92 Å². The highest BCUT2D eigenvalue weighted by atomic mass is 32.2. The van der Waals surface area contributed by atoms with Gasteiger partial charge in [-0.2, -0.15) is 11.8 Å². The van der Waals surface area contributed by atoms with E-state index in [9.17, 15) is 24.3 Å². The second-order valence-corrected chi connectivity index (χ2v) is 12.6. The van der Waals surface area contributed by atoms with Crippen molar-refractivity contribution >= 4 is 35.6 Å². The van der Waals surface area contributed by atoms with Gasteiger partial charge in [-0.25, -0.2) is 9.59 Å². The van der Waals surface area contributed by atoms with Crippen LogP contribution in [0.4, 0.5) is 4.79 Å². The molecule has 0 aliphatic carbocycles. The van der Waals surface area contributed by atoms with Crippen molar-refractivity contribution < 1.29 is 33.8 Å². The number of nitrogens with one attached hydrogen (secondary N) is 2. The van der Waals surface area contributed by atoms with Crippen LogP contribution in [0.5, 0.6) is 0 Å². The number of hydrogen-bond acceptors (Lipinski definition) is 8. The molecule has 0 aliphatic rings. The number of aliphatic hydroxyl groups excluding tert-OH is 1. The van der Waals surface area contributed by atoms with Crippen LogP contribution in [0.3, 0.4) is 0 Å². The number of nitrogens with zero attached hydrogens (tertiary/aromatic N) is 1. The van der Waals surface area contributed by atoms with E-state index in [2.05, 4.69) is 23.8 Å². The molecule has 0 saturated carbocycles. The Bertz CT molecular complexity index is 1490. The fraction of sp³-hybridized carbons (Fsp3) is 0.333. The number of rotatable bonds is 22. The molecule has 3 unspecified atom stereocenters. The number of hydrogen-bond donors (Lipinski definition) is 3. The molecule has 0 aliphatic heterocycles. The first-order valence-electron chi connectivity index (χ1n) is 16.5. The Hall–Kier alpha value is -4.87. The maximum Gasteiger partial charge on any atom is 0.408 e. The van der Waals surface area contributed by atoms with Gasteiger partial charge in [-0.1, -0.05) is 103 Å². The van der Waals surface area contributed by atoms with Gasteiger partial charge in [0.2, 0.25) is 11.8 Å². The van der Waals surface area contributed by atoms with Crippen LogP contribution in [0.25, 0.3) is 0 Å². The zero-order valence-corrected chi connectivity index (χ0v) is 29.1. The normalized spacial score (nSPS) is 12.4. The number of allylic oxidation sites excluding steroid dienone is 1. The third kappa shape index (κ3) is 14.7. The molecular formula is C39H47N3O7S. The van der Waals surface area contributed by atoms with Crippen molar-refractivity contribution in [2.45, 2.75) is 50.3 Å². The molecule has 0 fully saturated rings. The predicted molar refractivity (Wildman–Crippen MR) is 196 cm³/mol. The maximum atomic E-state index is 13.7. The lowest BCUT2D eigenvalue weighted by atomic mass is 9.98. The molecule has 3 rings (SSSR count). The summed E-state index contributed by atoms with van der Waals surface area (Å²) in [5.41, 5.74) is 2.80. The molecular weight excluding hydrogens is 655 g/mol. The Morgan fingerprint density at radius 1 is 0.800 bits per heavy atom. The fourth-order valence-corrected chi connectivity index (χ4v) is 5.97. The van der Waals surface area contributed by atoms with Crippen molar-refractivity contribution in [2.75, 3.05) is 25.5 Å². The summed E-state index contributed by atoms with van der Waals surface area (Å²) >= 11 is 1.56. The smallest absolute Gasteiger partial charge is 0.408 e. The summed E-state index contributed by atoms with van der Waals surface area (Å²) in [6.45, 7) is 7.55. The molecule has 0 saturated heterocycles. The van der Waals surface area contributed by atoms with Crippen molar-refractivity contribution in [2.24, 2.45) is 5.92 Å². The zero-order chi connectivity index (χ0) is 36.0. The summed E-state index contributed by atoms with van der Waals surface area (Å²) in [5, 5.41) is 15.1. The van der Waals surface area contributed by atoms with Crippen LogP contribution in [0.15, 0.2) is 116 Å². The van der Waals surface area contributed by atoms with Crippen LogP contribution in [0.1, 0.15) is 36.0 Å². The third-order valence-electron chi connectivity index (χ3n) is 7.58. The molecule has 0 radical (unpaired) electrons. The monoisotopic (exact) mass is 701 g/mol. The summed E-state index contributed by atoms with van der Waals surface area (Å²) < 4.78 is 10.9. The summed E-state index contributed by atoms with van der Waals surface area (Å²) in [5.74, 6) is -1.01. The van der Waals surface area contributed by atoms with E-state index in [1.165, 1.54) is 11.0 Å². The number of amides is 3. The molecule has 0 aromatic heterocycles. The number of esters is 1. The van der Waals surface area contributed by atoms with Gasteiger partial charge in [-0.15, -0.1) is 13.2 Å². The van der Waals surface area contributed by atoms with Gasteiger partial charge >= 0.3 is 12.1 Å². The number of alkyl carbamates (subject to hydrolysis) is 1. The van der Waals surface area contributed by atoms with Crippen LogP contribution < -0.4 is 10.6 Å². The van der Waals surface area contributed by atoms with E-state index in [0.717, 1.165) is 16.7 Å². The lowest BCUT2D eigenvalue weighted by Crippen LogP contribution is -2.47. The predicted octanol–water partition coefficient (Wildman–Crippen LogP) is 5.42. The number of carbonyl (C=O) groups is 4. The maximum absolute atomic E-state index is 13.7. The molecule has 3 aromatic rings. The quantitative estimate of drug-likeness (QED) is 0.0935. The molecule has 10 nitrogen and oxygen atoms in total. The minimum Gasteiger partial charge on any atom is -0.462 e. The van der Waals surface area contributed by atoms with Crippen molar-refractivity contribution in [3.8, 4) is 0 Å². The van der Waals surface area contributed by atoms with Crippen molar-refractivity contribution in [3.05, 3.63) is 133 Å². The first-order valence-corrected chi connectivity index (χ1v) is 17.7. The number of ether oxygens (including phenoxy) is 2. The highest BCUT2D eigenvalue weighted by molar-refractivity contribution is 7.98. The molecule has 0 bridgehead atoms. The second-order valence-electron chi connectivity index (χ2n) is 11.6. The molecule has 0 spiro atoms. The Morgan fingerprint density at radius 2 is 1.40 bits per heavy atom. The van der Waals surface area contributed by atoms with E-state index in [1.807, 2.05) is 91.0 Å². The molecule has 3 aromatic carbocycles. The van der Waals surface area contributed by atoms with Gasteiger partial charge in [0.15, 0.2) is 0 Å². The van der Waals surface area contributed by atoms with E-state index < -0.39 is 30.1 Å². The van der Waals surface area contributed by atoms with Crippen molar-refractivity contribution in [1.82, 2.24) is 15.5 Å². The molecule has 266 valence electrons. The van der Waals surface area contributed by atoms with E-state index in [0.29, 0.717) is 18.1 Å². The van der Waals surface area contributed by atoms with Gasteiger partial charge in [-0.05, 0) is 29.5 Å². The van der Waals surface area contributed by atoms with Gasteiger partial charge in [0.25, 0.3) is 0 Å². The summed E-state index contributed by atoms with van der Waals surface area (Å²) in [6, 6.07) is 26.8. The van der Waals surface area contributed by atoms with Gasteiger partial charge in [0.05, 0.1) is 18.6 Å². The first kappa shape index (κ1) is 39.6. The summed E-state index contributed by atoms with van der Waals surface area (Å²) in [7, 11) is 0. The molecule has 0 heterocycles. The van der Waals surface area contributed by atoms with E-state index in [-0.39, 0.29) is 57.4 Å². The Morgan fingerprint density at radius 3 is 2.00 bits per heavy atom. The highest BCUT2D eigenvalue weighted by Gasteiger charge is 2.28. The van der Waals surface area contributed by atoms with Gasteiger partial charge < -0.3 is 30.1 Å². The lowest BCUT2D eigenvalue weighted by molar-refractivity contribution is -0.147. The standard InChI is InChI=1S/C39H47N3O7S/c1-3-14-33(24-36(44)42(22-23-43)25-30-16-8-5-9-17-30)37(45)40-34(29-50-28-32-20-12-7-13-21-32)27-48-38(46)35(15-4-2)41-39(47)49-26-31-18-10-6-11-19-31/h3-13,16-21,33-35,43H,1-2,14-15,22-29H2,(H,40,45)(H,41,47). The number of aliphatic hydroxyl groups is 1. The molecule has 3 atom stereocenters. The topological polar surface area (TPSA) is 134 Å². The van der Waals surface area contributed by atoms with Crippen molar-refractivity contribution in [3.63, 3.8) is 0 Å². The number of thioether (sulfide) groups is 1. The van der Waals surface area contributed by atoms with Gasteiger partial charge in [-0.3, -0.25) is 9.59 Å². The van der Waals surface area contributed by atoms with Crippen LogP contribution in [-0.2, 0) is 42.8 Å². The summed E-state index contributed by atoms with van der Waals surface area (Å²) in [6.07, 6.45) is 2.57. The minimum absolute atomic E-state index is 0.0354. The SMILES string of the molecule is C=CCC(CC(=O)N(CCO)Cc1ccccc1)C(=O)NC(COC(=O)C(CC=C)NC(=O)OCc1ccccc1)CSCc1ccccc1. The third-order valence-corrected chi connectivity index (χ3v) is 8.75. The van der Waals surface area contributed by atoms with Crippen LogP contribution in [0.2, 0.25) is 0 Å². The van der Waals surface area contributed by atoms with Crippen molar-refractivity contribution in [1.29, 1.82) is 0 Å². The Labute approximate surface area is 298 Å². The Balaban J connectivity index is 1.65. The van der Waals surface area contributed by atoms with Gasteiger partial charge in [0.1, 0.15) is 19.3 Å². The molecule has 50 heavy (non-hydrogen) atoms. The van der Waals surface area contributed by atoms with E-state index in [1.54, 1.807) is 17.8 Å². The highest BCUT2D eigenvalue weighted by Crippen LogP contribution is 2.17. The number of carbonyl (C=O) groups excluding carboxylic acids is 4. The second kappa shape index (κ2) is 22.7. The Kier molecular flexibility index (Phi) is 18.0. The summed E-state index contributed by atoms with van der Waals surface area (Å²) in [4.78, 5) is 54.2. The van der Waals surface area contributed by atoms with Crippen LogP contribution in [-0.4, -0.2) is 71.5 Å². The average molecular weight is 702 g/mol. The molecule has 3 amide bonds. The first-order chi connectivity index (χ1) is 24.3. The lowest BCUT2D eigenvalue weighted by Gasteiger charge is -2.26. The van der Waals surface area contributed by atoms with Crippen LogP contribution >= 0.6 is 11.8 Å². The average Bonchev–Trinajstić information content (AvgIpc) is 3.13. The minimum atomic E-state index is -1.04. The van der Waals surface area contributed by atoms with Gasteiger partial charge in [0, 0.05) is 31.0 Å².